The van der Waals surface area contributed by atoms with Gasteiger partial charge in [-0.1, -0.05) is 35.9 Å². The van der Waals surface area contributed by atoms with E-state index in [-0.39, 0.29) is 0 Å². The van der Waals surface area contributed by atoms with Gasteiger partial charge >= 0.3 is 0 Å². The lowest BCUT2D eigenvalue weighted by Gasteiger charge is -2.31. The van der Waals surface area contributed by atoms with Gasteiger partial charge in [-0.2, -0.15) is 0 Å². The molecule has 0 aromatic heterocycles. The number of hydrogen-bond acceptors (Lipinski definition) is 2. The van der Waals surface area contributed by atoms with Crippen molar-refractivity contribution in [3.8, 4) is 0 Å². The third kappa shape index (κ3) is 2.14. The molecule has 1 aliphatic rings. The Hall–Kier alpha value is -1.38. The molecule has 0 radical (unpaired) electrons. The highest BCUT2D eigenvalue weighted by molar-refractivity contribution is 5.83. The second kappa shape index (κ2) is 4.71. The molecule has 2 nitrogen and oxygen atoms in total. The van der Waals surface area contributed by atoms with Crippen LogP contribution in [0.4, 0.5) is 0 Å². The molecule has 1 aliphatic heterocycles. The summed E-state index contributed by atoms with van der Waals surface area (Å²) in [7, 11) is 0. The Morgan fingerprint density at radius 1 is 0.944 bits per heavy atom. The first-order valence-electron chi connectivity index (χ1n) is 6.71. The van der Waals surface area contributed by atoms with Crippen LogP contribution >= 0.6 is 0 Å². The molecule has 94 valence electrons. The average Bonchev–Trinajstić information content (AvgIpc) is 2.39. The SMILES string of the molecule is Cc1ccc2cc(C3NCCNC3C)ccc2c1. The van der Waals surface area contributed by atoms with E-state index in [2.05, 4.69) is 60.9 Å². The van der Waals surface area contributed by atoms with Crippen molar-refractivity contribution in [2.75, 3.05) is 13.1 Å². The van der Waals surface area contributed by atoms with Crippen LogP contribution in [0.15, 0.2) is 36.4 Å². The smallest absolute Gasteiger partial charge is 0.0473 e. The van der Waals surface area contributed by atoms with Gasteiger partial charge in [-0.25, -0.2) is 0 Å². The Balaban J connectivity index is 1.99. The summed E-state index contributed by atoms with van der Waals surface area (Å²) in [6.07, 6.45) is 0. The largest absolute Gasteiger partial charge is 0.311 e. The number of piperazine rings is 1. The Bertz CT molecular complexity index is 562. The molecule has 1 saturated heterocycles. The molecule has 0 bridgehead atoms. The maximum absolute atomic E-state index is 3.60. The summed E-state index contributed by atoms with van der Waals surface area (Å²) in [5.41, 5.74) is 2.70. The van der Waals surface area contributed by atoms with Gasteiger partial charge < -0.3 is 10.6 Å². The minimum atomic E-state index is 0.421. The van der Waals surface area contributed by atoms with Gasteiger partial charge in [-0.05, 0) is 36.2 Å². The molecule has 2 aromatic carbocycles. The molecule has 0 aliphatic carbocycles. The van der Waals surface area contributed by atoms with Crippen LogP contribution in [0.25, 0.3) is 10.8 Å². The van der Waals surface area contributed by atoms with Gasteiger partial charge in [0.25, 0.3) is 0 Å². The molecule has 2 unspecified atom stereocenters. The van der Waals surface area contributed by atoms with E-state index in [4.69, 9.17) is 0 Å². The summed E-state index contributed by atoms with van der Waals surface area (Å²) in [6, 6.07) is 14.4. The maximum Gasteiger partial charge on any atom is 0.0473 e. The van der Waals surface area contributed by atoms with Gasteiger partial charge in [0.15, 0.2) is 0 Å². The molecule has 1 heterocycles. The van der Waals surface area contributed by atoms with Crippen LogP contribution < -0.4 is 10.6 Å². The van der Waals surface area contributed by atoms with Crippen LogP contribution in [0.3, 0.4) is 0 Å². The molecular formula is C16H20N2. The van der Waals surface area contributed by atoms with Crippen molar-refractivity contribution in [2.45, 2.75) is 25.9 Å². The maximum atomic E-state index is 3.60. The van der Waals surface area contributed by atoms with Crippen molar-refractivity contribution >= 4 is 10.8 Å². The first-order valence-corrected chi connectivity index (χ1v) is 6.71. The molecule has 2 aromatic rings. The summed E-state index contributed by atoms with van der Waals surface area (Å²) in [6.45, 7) is 6.49. The van der Waals surface area contributed by atoms with Crippen LogP contribution in [0.1, 0.15) is 24.1 Å². The third-order valence-corrected chi connectivity index (χ3v) is 3.83. The number of benzene rings is 2. The highest BCUT2D eigenvalue weighted by Crippen LogP contribution is 2.24. The van der Waals surface area contributed by atoms with Crippen LogP contribution in [-0.4, -0.2) is 19.1 Å². The van der Waals surface area contributed by atoms with Gasteiger partial charge in [0, 0.05) is 25.2 Å². The summed E-state index contributed by atoms with van der Waals surface area (Å²) >= 11 is 0. The predicted octanol–water partition coefficient (Wildman–Crippen LogP) is 2.77. The van der Waals surface area contributed by atoms with E-state index in [0.29, 0.717) is 12.1 Å². The molecule has 3 rings (SSSR count). The molecule has 0 saturated carbocycles. The summed E-state index contributed by atoms with van der Waals surface area (Å²) in [4.78, 5) is 0. The second-order valence-corrected chi connectivity index (χ2v) is 5.28. The fraction of sp³-hybridized carbons (Fsp3) is 0.375. The van der Waals surface area contributed by atoms with Crippen LogP contribution in [0.2, 0.25) is 0 Å². The first kappa shape index (κ1) is 11.7. The van der Waals surface area contributed by atoms with E-state index < -0.39 is 0 Å². The lowest BCUT2D eigenvalue weighted by Crippen LogP contribution is -2.48. The molecule has 2 N–H and O–H groups in total. The van der Waals surface area contributed by atoms with E-state index in [1.165, 1.54) is 21.9 Å². The van der Waals surface area contributed by atoms with Crippen molar-refractivity contribution in [3.05, 3.63) is 47.5 Å². The average molecular weight is 240 g/mol. The molecule has 0 spiro atoms. The molecule has 2 atom stereocenters. The van der Waals surface area contributed by atoms with Crippen molar-refractivity contribution in [1.29, 1.82) is 0 Å². The second-order valence-electron chi connectivity index (χ2n) is 5.28. The highest BCUT2D eigenvalue weighted by atomic mass is 15.1. The van der Waals surface area contributed by atoms with Crippen LogP contribution in [-0.2, 0) is 0 Å². The Labute approximate surface area is 108 Å². The zero-order valence-corrected chi connectivity index (χ0v) is 11.0. The Kier molecular flexibility index (Phi) is 3.06. The van der Waals surface area contributed by atoms with Gasteiger partial charge in [0.1, 0.15) is 0 Å². The van der Waals surface area contributed by atoms with Crippen LogP contribution in [0, 0.1) is 6.92 Å². The predicted molar refractivity (Wildman–Crippen MR) is 76.9 cm³/mol. The quantitative estimate of drug-likeness (QED) is 0.801. The van der Waals surface area contributed by atoms with E-state index in [1.807, 2.05) is 0 Å². The van der Waals surface area contributed by atoms with Crippen molar-refractivity contribution in [2.24, 2.45) is 0 Å². The van der Waals surface area contributed by atoms with E-state index >= 15 is 0 Å². The molecule has 1 fully saturated rings. The first-order chi connectivity index (χ1) is 8.74. The number of rotatable bonds is 1. The minimum Gasteiger partial charge on any atom is -0.311 e. The third-order valence-electron chi connectivity index (χ3n) is 3.83. The normalized spacial score (nSPS) is 24.3. The number of aryl methyl sites for hydroxylation is 1. The number of hydrogen-bond donors (Lipinski definition) is 2. The lowest BCUT2D eigenvalue weighted by atomic mass is 9.95. The Morgan fingerprint density at radius 3 is 2.50 bits per heavy atom. The molecule has 2 heteroatoms. The molecule has 0 amide bonds. The van der Waals surface area contributed by atoms with Gasteiger partial charge in [0.05, 0.1) is 0 Å². The standard InChI is InChI=1S/C16H20N2/c1-11-3-4-14-10-15(6-5-13(14)9-11)16-12(2)17-7-8-18-16/h3-6,9-10,12,16-18H,7-8H2,1-2H3. The molecular weight excluding hydrogens is 220 g/mol. The van der Waals surface area contributed by atoms with E-state index in [0.717, 1.165) is 13.1 Å². The summed E-state index contributed by atoms with van der Waals surface area (Å²) < 4.78 is 0. The van der Waals surface area contributed by atoms with Crippen molar-refractivity contribution in [1.82, 2.24) is 10.6 Å². The lowest BCUT2D eigenvalue weighted by molar-refractivity contribution is 0.346. The fourth-order valence-corrected chi connectivity index (χ4v) is 2.81. The topological polar surface area (TPSA) is 24.1 Å². The van der Waals surface area contributed by atoms with Gasteiger partial charge in [-0.3, -0.25) is 0 Å². The minimum absolute atomic E-state index is 0.421. The summed E-state index contributed by atoms with van der Waals surface area (Å²) in [5.74, 6) is 0. The van der Waals surface area contributed by atoms with Crippen LogP contribution in [0.5, 0.6) is 0 Å². The monoisotopic (exact) mass is 240 g/mol. The summed E-state index contributed by atoms with van der Waals surface area (Å²) in [5, 5.41) is 9.78. The molecule has 18 heavy (non-hydrogen) atoms. The van der Waals surface area contributed by atoms with Gasteiger partial charge in [0.2, 0.25) is 0 Å². The fourth-order valence-electron chi connectivity index (χ4n) is 2.81. The zero-order chi connectivity index (χ0) is 12.5. The van der Waals surface area contributed by atoms with E-state index in [1.54, 1.807) is 0 Å². The zero-order valence-electron chi connectivity index (χ0n) is 11.0. The number of nitrogens with one attached hydrogen (secondary N) is 2. The van der Waals surface area contributed by atoms with Crippen molar-refractivity contribution < 1.29 is 0 Å². The Morgan fingerprint density at radius 2 is 1.67 bits per heavy atom. The van der Waals surface area contributed by atoms with Crippen molar-refractivity contribution in [3.63, 3.8) is 0 Å². The number of fused-ring (bicyclic) bond motifs is 1. The van der Waals surface area contributed by atoms with Gasteiger partial charge in [-0.15, -0.1) is 0 Å². The highest BCUT2D eigenvalue weighted by Gasteiger charge is 2.21. The van der Waals surface area contributed by atoms with E-state index in [9.17, 15) is 0 Å².